The highest BCUT2D eigenvalue weighted by Crippen LogP contribution is 2.28. The van der Waals surface area contributed by atoms with Gasteiger partial charge in [0, 0.05) is 13.1 Å². The van der Waals surface area contributed by atoms with Crippen LogP contribution in [0.4, 0.5) is 4.39 Å². The molecule has 3 rings (SSSR count). The summed E-state index contributed by atoms with van der Waals surface area (Å²) >= 11 is 6.15. The van der Waals surface area contributed by atoms with Gasteiger partial charge in [-0.05, 0) is 55.7 Å². The van der Waals surface area contributed by atoms with Crippen molar-refractivity contribution in [3.05, 3.63) is 64.4 Å². The molecule has 2 aromatic rings. The smallest absolute Gasteiger partial charge is 0.338 e. The molecule has 7 nitrogen and oxygen atoms in total. The van der Waals surface area contributed by atoms with Crippen LogP contribution in [0.2, 0.25) is 5.02 Å². The average Bonchev–Trinajstić information content (AvgIpc) is 3.08. The number of nitrogens with one attached hydrogen (secondary N) is 1. The van der Waals surface area contributed by atoms with Crippen LogP contribution in [0.5, 0.6) is 0 Å². The van der Waals surface area contributed by atoms with E-state index in [1.807, 2.05) is 0 Å². The molecular weight excluding hydrogens is 471 g/mol. The lowest BCUT2D eigenvalue weighted by Gasteiger charge is -2.21. The van der Waals surface area contributed by atoms with Crippen molar-refractivity contribution in [2.45, 2.75) is 43.5 Å². The summed E-state index contributed by atoms with van der Waals surface area (Å²) in [5.74, 6) is -1.78. The number of hydrogen-bond donors (Lipinski definition) is 1. The molecule has 2 aromatic carbocycles. The molecule has 1 N–H and O–H groups in total. The van der Waals surface area contributed by atoms with Crippen molar-refractivity contribution in [2.24, 2.45) is 0 Å². The van der Waals surface area contributed by atoms with E-state index >= 15 is 0 Å². The molecule has 1 aliphatic heterocycles. The van der Waals surface area contributed by atoms with Gasteiger partial charge in [0.1, 0.15) is 10.7 Å². The van der Waals surface area contributed by atoms with Crippen LogP contribution in [-0.4, -0.2) is 44.3 Å². The standard InChI is InChI=1S/C23H26ClFN2O5S/c1-16(17-6-9-19(25)10-7-17)26-22(28)15-32-23(29)18-8-11-20(24)21(14-18)33(30,31)27-12-4-2-3-5-13-27/h6-11,14,16H,2-5,12-13,15H2,1H3,(H,26,28)/t16-/m1/s1. The Kier molecular flexibility index (Phi) is 8.45. The quantitative estimate of drug-likeness (QED) is 0.583. The summed E-state index contributed by atoms with van der Waals surface area (Å²) in [5.41, 5.74) is 0.671. The van der Waals surface area contributed by atoms with Gasteiger partial charge in [-0.2, -0.15) is 4.31 Å². The minimum Gasteiger partial charge on any atom is -0.452 e. The van der Waals surface area contributed by atoms with Gasteiger partial charge in [0.15, 0.2) is 6.61 Å². The zero-order chi connectivity index (χ0) is 24.0. The minimum absolute atomic E-state index is 0.0154. The molecule has 1 amide bonds. The first kappa shape index (κ1) is 25.1. The van der Waals surface area contributed by atoms with E-state index in [0.717, 1.165) is 25.7 Å². The van der Waals surface area contributed by atoms with Crippen molar-refractivity contribution in [3.63, 3.8) is 0 Å². The van der Waals surface area contributed by atoms with Crippen molar-refractivity contribution in [1.82, 2.24) is 9.62 Å². The molecule has 33 heavy (non-hydrogen) atoms. The molecular formula is C23H26ClFN2O5S. The molecule has 1 fully saturated rings. The van der Waals surface area contributed by atoms with E-state index < -0.39 is 34.5 Å². The molecule has 10 heteroatoms. The summed E-state index contributed by atoms with van der Waals surface area (Å²) in [4.78, 5) is 24.5. The maximum atomic E-state index is 13.1. The molecule has 1 heterocycles. The number of carbonyl (C=O) groups is 2. The highest BCUT2D eigenvalue weighted by Gasteiger charge is 2.28. The first-order valence-electron chi connectivity index (χ1n) is 10.7. The Morgan fingerprint density at radius 2 is 1.73 bits per heavy atom. The Bertz CT molecular complexity index is 1100. The van der Waals surface area contributed by atoms with Crippen molar-refractivity contribution in [2.75, 3.05) is 19.7 Å². The van der Waals surface area contributed by atoms with E-state index in [9.17, 15) is 22.4 Å². The lowest BCUT2D eigenvalue weighted by molar-refractivity contribution is -0.124. The summed E-state index contributed by atoms with van der Waals surface area (Å²) in [5, 5.41) is 2.67. The predicted molar refractivity (Wildman–Crippen MR) is 122 cm³/mol. The van der Waals surface area contributed by atoms with Crippen LogP contribution in [0.1, 0.15) is 54.6 Å². The zero-order valence-electron chi connectivity index (χ0n) is 18.2. The highest BCUT2D eigenvalue weighted by atomic mass is 35.5. The number of rotatable bonds is 7. The van der Waals surface area contributed by atoms with Gasteiger partial charge in [-0.1, -0.05) is 36.6 Å². The fraction of sp³-hybridized carbons (Fsp3) is 0.391. The fourth-order valence-electron chi connectivity index (χ4n) is 3.58. The largest absolute Gasteiger partial charge is 0.452 e. The zero-order valence-corrected chi connectivity index (χ0v) is 19.8. The van der Waals surface area contributed by atoms with Gasteiger partial charge in [0.25, 0.3) is 5.91 Å². The van der Waals surface area contributed by atoms with E-state index in [1.165, 1.54) is 34.6 Å². The number of nitrogens with zero attached hydrogens (tertiary/aromatic N) is 1. The third kappa shape index (κ3) is 6.52. The molecule has 0 radical (unpaired) electrons. The topological polar surface area (TPSA) is 92.8 Å². The van der Waals surface area contributed by atoms with Gasteiger partial charge < -0.3 is 10.1 Å². The molecule has 178 valence electrons. The fourth-order valence-corrected chi connectivity index (χ4v) is 5.60. The van der Waals surface area contributed by atoms with E-state index in [2.05, 4.69) is 5.32 Å². The normalized spacial score (nSPS) is 16.0. The minimum atomic E-state index is -3.87. The van der Waals surface area contributed by atoms with Crippen LogP contribution in [0.3, 0.4) is 0 Å². The Labute approximate surface area is 197 Å². The Morgan fingerprint density at radius 3 is 2.36 bits per heavy atom. The number of ether oxygens (including phenoxy) is 1. The molecule has 0 aromatic heterocycles. The van der Waals surface area contributed by atoms with Crippen LogP contribution >= 0.6 is 11.6 Å². The summed E-state index contributed by atoms with van der Waals surface area (Å²) in [7, 11) is -3.87. The summed E-state index contributed by atoms with van der Waals surface area (Å²) < 4.78 is 45.6. The lowest BCUT2D eigenvalue weighted by atomic mass is 10.1. The van der Waals surface area contributed by atoms with Gasteiger partial charge in [-0.25, -0.2) is 17.6 Å². The van der Waals surface area contributed by atoms with Crippen molar-refractivity contribution in [1.29, 1.82) is 0 Å². The van der Waals surface area contributed by atoms with E-state index in [1.54, 1.807) is 19.1 Å². The first-order valence-corrected chi connectivity index (χ1v) is 12.5. The molecule has 0 unspecified atom stereocenters. The second-order valence-electron chi connectivity index (χ2n) is 7.88. The molecule has 0 saturated carbocycles. The Morgan fingerprint density at radius 1 is 1.09 bits per heavy atom. The molecule has 1 aliphatic rings. The first-order chi connectivity index (χ1) is 15.7. The maximum absolute atomic E-state index is 13.1. The second kappa shape index (κ2) is 11.1. The van der Waals surface area contributed by atoms with Crippen LogP contribution in [0.15, 0.2) is 47.4 Å². The molecule has 0 aliphatic carbocycles. The van der Waals surface area contributed by atoms with Gasteiger partial charge in [0.05, 0.1) is 16.6 Å². The highest BCUT2D eigenvalue weighted by molar-refractivity contribution is 7.89. The number of amides is 1. The monoisotopic (exact) mass is 496 g/mol. The number of hydrogen-bond acceptors (Lipinski definition) is 5. The van der Waals surface area contributed by atoms with Gasteiger partial charge in [0.2, 0.25) is 10.0 Å². The summed E-state index contributed by atoms with van der Waals surface area (Å²) in [6.07, 6.45) is 3.47. The lowest BCUT2D eigenvalue weighted by Crippen LogP contribution is -2.32. The van der Waals surface area contributed by atoms with Crippen LogP contribution in [-0.2, 0) is 19.6 Å². The molecule has 0 bridgehead atoms. The third-order valence-corrected chi connectivity index (χ3v) is 7.81. The predicted octanol–water partition coefficient (Wildman–Crippen LogP) is 4.08. The van der Waals surface area contributed by atoms with Crippen molar-refractivity contribution >= 4 is 33.5 Å². The van der Waals surface area contributed by atoms with E-state index in [-0.39, 0.29) is 21.3 Å². The second-order valence-corrected chi connectivity index (χ2v) is 10.2. The Hall–Kier alpha value is -2.49. The third-order valence-electron chi connectivity index (χ3n) is 5.43. The number of carbonyl (C=O) groups excluding carboxylic acids is 2. The number of halogens is 2. The van der Waals surface area contributed by atoms with Crippen molar-refractivity contribution < 1.29 is 27.1 Å². The maximum Gasteiger partial charge on any atom is 0.338 e. The molecule has 1 saturated heterocycles. The van der Waals surface area contributed by atoms with Gasteiger partial charge >= 0.3 is 5.97 Å². The van der Waals surface area contributed by atoms with E-state index in [4.69, 9.17) is 16.3 Å². The Balaban J connectivity index is 1.64. The summed E-state index contributed by atoms with van der Waals surface area (Å²) in [6.45, 7) is 1.97. The van der Waals surface area contributed by atoms with Gasteiger partial charge in [-0.3, -0.25) is 4.79 Å². The molecule has 0 spiro atoms. The number of esters is 1. The number of sulfonamides is 1. The summed E-state index contributed by atoms with van der Waals surface area (Å²) in [6, 6.07) is 9.12. The van der Waals surface area contributed by atoms with Crippen LogP contribution in [0.25, 0.3) is 0 Å². The SMILES string of the molecule is C[C@@H](NC(=O)COC(=O)c1ccc(Cl)c(S(=O)(=O)N2CCCCCC2)c1)c1ccc(F)cc1. The van der Waals surface area contributed by atoms with Crippen LogP contribution < -0.4 is 5.32 Å². The van der Waals surface area contributed by atoms with Crippen molar-refractivity contribution in [3.8, 4) is 0 Å². The number of benzene rings is 2. The van der Waals surface area contributed by atoms with Crippen LogP contribution in [0, 0.1) is 5.82 Å². The van der Waals surface area contributed by atoms with Gasteiger partial charge in [-0.15, -0.1) is 0 Å². The average molecular weight is 497 g/mol. The molecule has 1 atom stereocenters. The van der Waals surface area contributed by atoms with E-state index in [0.29, 0.717) is 18.7 Å².